The minimum atomic E-state index is 0. The lowest BCUT2D eigenvalue weighted by atomic mass is 10.0. The predicted molar refractivity (Wildman–Crippen MR) is 134 cm³/mol. The first-order chi connectivity index (χ1) is 13.7. The third kappa shape index (κ3) is 6.18. The summed E-state index contributed by atoms with van der Waals surface area (Å²) < 4.78 is 1.90. The van der Waals surface area contributed by atoms with Gasteiger partial charge in [0.25, 0.3) is 0 Å². The molecule has 0 bridgehead atoms. The van der Waals surface area contributed by atoms with E-state index in [-0.39, 0.29) is 24.0 Å². The van der Waals surface area contributed by atoms with E-state index in [1.54, 1.807) is 11.3 Å². The molecule has 3 heterocycles. The van der Waals surface area contributed by atoms with E-state index < -0.39 is 0 Å². The molecule has 0 amide bonds. The van der Waals surface area contributed by atoms with Crippen LogP contribution in [0.2, 0.25) is 0 Å². The highest BCUT2D eigenvalue weighted by molar-refractivity contribution is 14.0. The summed E-state index contributed by atoms with van der Waals surface area (Å²) in [5.74, 6) is 1.58. The van der Waals surface area contributed by atoms with E-state index in [1.165, 1.54) is 11.1 Å². The quantitative estimate of drug-likeness (QED) is 0.319. The summed E-state index contributed by atoms with van der Waals surface area (Å²) in [6.45, 7) is 12.4. The summed E-state index contributed by atoms with van der Waals surface area (Å²) in [4.78, 5) is 9.98. The van der Waals surface area contributed by atoms with Gasteiger partial charge in [-0.25, -0.2) is 0 Å². The Balaban J connectivity index is 0.00000300. The maximum Gasteiger partial charge on any atom is 0.194 e. The van der Waals surface area contributed by atoms with Crippen LogP contribution in [0.5, 0.6) is 0 Å². The molecule has 0 radical (unpaired) electrons. The van der Waals surface area contributed by atoms with Crippen LogP contribution in [0.25, 0.3) is 0 Å². The van der Waals surface area contributed by atoms with Gasteiger partial charge in [-0.1, -0.05) is 13.8 Å². The van der Waals surface area contributed by atoms with Crippen molar-refractivity contribution in [2.75, 3.05) is 39.3 Å². The van der Waals surface area contributed by atoms with Gasteiger partial charge >= 0.3 is 0 Å². The Morgan fingerprint density at radius 3 is 2.76 bits per heavy atom. The zero-order chi connectivity index (χ0) is 19.9. The van der Waals surface area contributed by atoms with Gasteiger partial charge in [0.2, 0.25) is 0 Å². The van der Waals surface area contributed by atoms with Crippen LogP contribution in [0, 0.1) is 0 Å². The monoisotopic (exact) mass is 530 g/mol. The molecule has 2 aromatic heterocycles. The van der Waals surface area contributed by atoms with Crippen molar-refractivity contribution in [2.45, 2.75) is 39.2 Å². The average molecular weight is 531 g/mol. The number of aliphatic imine (C=N–C) groups is 1. The molecule has 0 aliphatic carbocycles. The Labute approximate surface area is 196 Å². The topological polar surface area (TPSA) is 48.7 Å². The van der Waals surface area contributed by atoms with Gasteiger partial charge in [0.1, 0.15) is 0 Å². The lowest BCUT2D eigenvalue weighted by Crippen LogP contribution is -2.41. The van der Waals surface area contributed by atoms with Gasteiger partial charge in [-0.15, -0.1) is 24.0 Å². The zero-order valence-corrected chi connectivity index (χ0v) is 21.2. The molecule has 1 saturated heterocycles. The van der Waals surface area contributed by atoms with E-state index in [4.69, 9.17) is 4.99 Å². The lowest BCUT2D eigenvalue weighted by molar-refractivity contribution is 0.224. The van der Waals surface area contributed by atoms with Gasteiger partial charge in [0, 0.05) is 38.8 Å². The van der Waals surface area contributed by atoms with Crippen LogP contribution in [0.1, 0.15) is 50.3 Å². The van der Waals surface area contributed by atoms with Crippen molar-refractivity contribution in [3.63, 3.8) is 0 Å². The van der Waals surface area contributed by atoms with E-state index in [0.717, 1.165) is 51.6 Å². The third-order valence-electron chi connectivity index (χ3n) is 5.61. The highest BCUT2D eigenvalue weighted by Crippen LogP contribution is 2.27. The molecule has 1 fully saturated rings. The smallest absolute Gasteiger partial charge is 0.194 e. The first-order valence-electron chi connectivity index (χ1n) is 10.4. The average Bonchev–Trinajstić information content (AvgIpc) is 3.45. The van der Waals surface area contributed by atoms with Crippen LogP contribution >= 0.6 is 35.3 Å². The van der Waals surface area contributed by atoms with Crippen LogP contribution in [0.4, 0.5) is 0 Å². The van der Waals surface area contributed by atoms with Crippen LogP contribution in [0.15, 0.2) is 34.2 Å². The molecule has 0 aromatic carbocycles. The molecule has 1 aliphatic heterocycles. The minimum Gasteiger partial charge on any atom is -0.357 e. The van der Waals surface area contributed by atoms with Crippen LogP contribution in [0.3, 0.4) is 0 Å². The van der Waals surface area contributed by atoms with Gasteiger partial charge in [-0.05, 0) is 54.4 Å². The van der Waals surface area contributed by atoms with Crippen molar-refractivity contribution in [3.05, 3.63) is 40.3 Å². The van der Waals surface area contributed by atoms with E-state index in [9.17, 15) is 0 Å². The molecule has 8 heteroatoms. The van der Waals surface area contributed by atoms with Crippen molar-refractivity contribution >= 4 is 41.3 Å². The Bertz CT molecular complexity index is 740. The fourth-order valence-corrected chi connectivity index (χ4v) is 4.74. The lowest BCUT2D eigenvalue weighted by Gasteiger charge is -2.29. The molecule has 2 aromatic rings. The molecule has 29 heavy (non-hydrogen) atoms. The Kier molecular flexibility index (Phi) is 9.91. The standard InChI is InChI=1S/C21H34N6S.HI/c1-5-22-21(27-10-8-17(15-27)19-12-24-25(4)14-19)23-13-20(26(6-2)7-3)18-9-11-28-16-18;/h9,11-12,14,16-17,20H,5-8,10,13,15H2,1-4H3,(H,22,23);1H. The minimum absolute atomic E-state index is 0. The van der Waals surface area contributed by atoms with Crippen LogP contribution < -0.4 is 5.32 Å². The summed E-state index contributed by atoms with van der Waals surface area (Å²) in [5, 5.41) is 12.3. The maximum atomic E-state index is 5.08. The highest BCUT2D eigenvalue weighted by Gasteiger charge is 2.27. The van der Waals surface area contributed by atoms with Gasteiger partial charge in [0.15, 0.2) is 5.96 Å². The second-order valence-corrected chi connectivity index (χ2v) is 8.15. The number of likely N-dealkylation sites (tertiary alicyclic amines) is 1. The number of nitrogens with zero attached hydrogens (tertiary/aromatic N) is 5. The molecular weight excluding hydrogens is 495 g/mol. The Hall–Kier alpha value is -1.13. The van der Waals surface area contributed by atoms with Gasteiger partial charge in [-0.3, -0.25) is 14.6 Å². The highest BCUT2D eigenvalue weighted by atomic mass is 127. The molecule has 162 valence electrons. The molecule has 0 saturated carbocycles. The largest absolute Gasteiger partial charge is 0.357 e. The van der Waals surface area contributed by atoms with E-state index in [0.29, 0.717) is 12.0 Å². The number of guanidine groups is 1. The molecule has 1 aliphatic rings. The molecule has 3 rings (SSSR count). The first kappa shape index (κ1) is 24.1. The Morgan fingerprint density at radius 2 is 2.17 bits per heavy atom. The fourth-order valence-electron chi connectivity index (χ4n) is 4.04. The van der Waals surface area contributed by atoms with Crippen molar-refractivity contribution in [2.24, 2.45) is 12.0 Å². The number of hydrogen-bond donors (Lipinski definition) is 1. The maximum absolute atomic E-state index is 5.08. The predicted octanol–water partition coefficient (Wildman–Crippen LogP) is 3.94. The fraction of sp³-hybridized carbons (Fsp3) is 0.619. The number of nitrogens with one attached hydrogen (secondary N) is 1. The summed E-state index contributed by atoms with van der Waals surface area (Å²) in [6.07, 6.45) is 5.30. The number of likely N-dealkylation sites (N-methyl/N-ethyl adjacent to an activating group) is 1. The summed E-state index contributed by atoms with van der Waals surface area (Å²) in [7, 11) is 1.99. The zero-order valence-electron chi connectivity index (χ0n) is 18.0. The van der Waals surface area contributed by atoms with Crippen molar-refractivity contribution in [1.29, 1.82) is 0 Å². The molecule has 1 N–H and O–H groups in total. The van der Waals surface area contributed by atoms with Crippen LogP contribution in [-0.2, 0) is 7.05 Å². The number of halogens is 1. The van der Waals surface area contributed by atoms with Gasteiger partial charge < -0.3 is 10.2 Å². The molecule has 2 unspecified atom stereocenters. The van der Waals surface area contributed by atoms with Crippen molar-refractivity contribution in [1.82, 2.24) is 24.9 Å². The van der Waals surface area contributed by atoms with Gasteiger partial charge in [-0.2, -0.15) is 16.4 Å². The second kappa shape index (κ2) is 11.9. The van der Waals surface area contributed by atoms with Gasteiger partial charge in [0.05, 0.1) is 18.8 Å². The number of hydrogen-bond acceptors (Lipinski definition) is 4. The van der Waals surface area contributed by atoms with E-state index in [2.05, 4.69) is 64.0 Å². The Morgan fingerprint density at radius 1 is 1.38 bits per heavy atom. The van der Waals surface area contributed by atoms with Crippen LogP contribution in [-0.4, -0.2) is 64.8 Å². The molecule has 6 nitrogen and oxygen atoms in total. The number of rotatable bonds is 8. The second-order valence-electron chi connectivity index (χ2n) is 7.37. The number of aromatic nitrogens is 2. The third-order valence-corrected chi connectivity index (χ3v) is 6.32. The molecular formula is C21H35IN6S. The molecule has 0 spiro atoms. The van der Waals surface area contributed by atoms with Crippen molar-refractivity contribution in [3.8, 4) is 0 Å². The number of aryl methyl sites for hydroxylation is 1. The van der Waals surface area contributed by atoms with E-state index in [1.807, 2.05) is 17.9 Å². The number of thiophene rings is 1. The molecule has 2 atom stereocenters. The summed E-state index contributed by atoms with van der Waals surface area (Å²) >= 11 is 1.77. The van der Waals surface area contributed by atoms with E-state index >= 15 is 0 Å². The summed E-state index contributed by atoms with van der Waals surface area (Å²) in [5.41, 5.74) is 2.71. The normalized spacial score (nSPS) is 18.2. The first-order valence-corrected chi connectivity index (χ1v) is 11.4. The SMILES string of the molecule is CCNC(=NCC(c1ccsc1)N(CC)CC)N1CCC(c2cnn(C)c2)C1.I. The summed E-state index contributed by atoms with van der Waals surface area (Å²) in [6, 6.07) is 2.58. The van der Waals surface area contributed by atoms with Crippen molar-refractivity contribution < 1.29 is 0 Å².